The summed E-state index contributed by atoms with van der Waals surface area (Å²) in [4.78, 5) is 8.41. The molecule has 0 aliphatic heterocycles. The Balaban J connectivity index is 2.24. The number of halogens is 1. The van der Waals surface area contributed by atoms with Gasteiger partial charge in [-0.3, -0.25) is 4.68 Å². The highest BCUT2D eigenvalue weighted by molar-refractivity contribution is 7.92. The van der Waals surface area contributed by atoms with Gasteiger partial charge in [-0.05, 0) is 20.8 Å². The molecule has 0 aliphatic rings. The molecule has 0 aliphatic carbocycles. The summed E-state index contributed by atoms with van der Waals surface area (Å²) in [5, 5.41) is 9.55. The number of aromatic nitrogens is 4. The fourth-order valence-corrected chi connectivity index (χ4v) is 3.41. The van der Waals surface area contributed by atoms with Gasteiger partial charge in [0.05, 0.1) is 30.3 Å². The molecule has 10 nitrogen and oxygen atoms in total. The van der Waals surface area contributed by atoms with Crippen molar-refractivity contribution in [1.29, 1.82) is 0 Å². The van der Waals surface area contributed by atoms with Crippen molar-refractivity contribution in [2.24, 2.45) is 7.05 Å². The van der Waals surface area contributed by atoms with E-state index in [0.717, 1.165) is 0 Å². The zero-order valence-electron chi connectivity index (χ0n) is 16.4. The van der Waals surface area contributed by atoms with Crippen molar-refractivity contribution in [3.05, 3.63) is 17.4 Å². The lowest BCUT2D eigenvalue weighted by Gasteiger charge is -2.15. The van der Waals surface area contributed by atoms with Gasteiger partial charge in [-0.15, -0.1) is 0 Å². The van der Waals surface area contributed by atoms with E-state index < -0.39 is 15.1 Å². The van der Waals surface area contributed by atoms with Crippen LogP contribution in [0.2, 0.25) is 5.02 Å². The van der Waals surface area contributed by atoms with Crippen LogP contribution >= 0.6 is 11.6 Å². The smallest absolute Gasteiger partial charge is 0.226 e. The Morgan fingerprint density at radius 3 is 2.64 bits per heavy atom. The van der Waals surface area contributed by atoms with E-state index in [1.807, 2.05) is 0 Å². The quantitative estimate of drug-likeness (QED) is 0.429. The minimum atomic E-state index is -3.59. The molecule has 12 heteroatoms. The lowest BCUT2D eigenvalue weighted by atomic mass is 10.5. The number of rotatable bonds is 10. The molecule has 0 saturated heterocycles. The maximum Gasteiger partial charge on any atom is 0.226 e. The highest BCUT2D eigenvalue weighted by Crippen LogP contribution is 2.29. The summed E-state index contributed by atoms with van der Waals surface area (Å²) in [6.07, 6.45) is 2.60. The number of anilines is 3. The Morgan fingerprint density at radius 2 is 2.00 bits per heavy atom. The second-order valence-corrected chi connectivity index (χ2v) is 9.11. The van der Waals surface area contributed by atoms with E-state index >= 15 is 0 Å². The van der Waals surface area contributed by atoms with Gasteiger partial charge in [0.15, 0.2) is 5.82 Å². The molecule has 0 spiro atoms. The van der Waals surface area contributed by atoms with Gasteiger partial charge in [-0.25, -0.2) is 13.4 Å². The molecule has 0 aromatic carbocycles. The van der Waals surface area contributed by atoms with Crippen LogP contribution in [0, 0.1) is 0 Å². The molecule has 2 aromatic heterocycles. The first-order valence-electron chi connectivity index (χ1n) is 8.59. The number of nitrogens with zero attached hydrogens (tertiary/aromatic N) is 4. The third-order valence-electron chi connectivity index (χ3n) is 3.67. The van der Waals surface area contributed by atoms with Crippen LogP contribution < -0.4 is 10.6 Å². The molecular weight excluding hydrogens is 408 g/mol. The van der Waals surface area contributed by atoms with Crippen LogP contribution in [-0.4, -0.2) is 60.0 Å². The first-order valence-corrected chi connectivity index (χ1v) is 10.5. The first-order chi connectivity index (χ1) is 13.1. The second kappa shape index (κ2) is 9.50. The lowest BCUT2D eigenvalue weighted by molar-refractivity contribution is 0.0389. The van der Waals surface area contributed by atoms with Crippen molar-refractivity contribution in [2.45, 2.75) is 37.3 Å². The van der Waals surface area contributed by atoms with Crippen molar-refractivity contribution >= 4 is 38.9 Å². The lowest BCUT2D eigenvalue weighted by Crippen LogP contribution is -2.22. The standard InChI is InChI=1S/C16H25ClN6O4S/c1-10(2)28(24,25)15-13(9-23(4)22-15)20-14-12(17)8-18-16(21-14)19-11(3)27-7-6-26-5/h8-11H,6-7H2,1-5H3,(H2,18,19,20,21). The van der Waals surface area contributed by atoms with Gasteiger partial charge in [-0.2, -0.15) is 10.1 Å². The van der Waals surface area contributed by atoms with Crippen LogP contribution in [0.1, 0.15) is 20.8 Å². The normalized spacial score (nSPS) is 13.0. The summed E-state index contributed by atoms with van der Waals surface area (Å²) < 4.78 is 37.0. The van der Waals surface area contributed by atoms with Crippen LogP contribution in [0.25, 0.3) is 0 Å². The van der Waals surface area contributed by atoms with Gasteiger partial charge < -0.3 is 20.1 Å². The van der Waals surface area contributed by atoms with E-state index in [0.29, 0.717) is 13.2 Å². The van der Waals surface area contributed by atoms with E-state index in [1.54, 1.807) is 41.1 Å². The van der Waals surface area contributed by atoms with Crippen LogP contribution in [0.15, 0.2) is 17.4 Å². The van der Waals surface area contributed by atoms with Crippen LogP contribution in [-0.2, 0) is 26.4 Å². The van der Waals surface area contributed by atoms with Crippen molar-refractivity contribution in [3.8, 4) is 0 Å². The Labute approximate surface area is 169 Å². The summed E-state index contributed by atoms with van der Waals surface area (Å²) in [5.74, 6) is 0.519. The fourth-order valence-electron chi connectivity index (χ4n) is 2.17. The Hall–Kier alpha value is -1.95. The fraction of sp³-hybridized carbons (Fsp3) is 0.562. The molecule has 0 bridgehead atoms. The molecule has 156 valence electrons. The Bertz CT molecular complexity index is 903. The summed E-state index contributed by atoms with van der Waals surface area (Å²) in [5.41, 5.74) is 0.284. The van der Waals surface area contributed by atoms with Gasteiger partial charge >= 0.3 is 0 Å². The van der Waals surface area contributed by atoms with Crippen LogP contribution in [0.5, 0.6) is 0 Å². The highest BCUT2D eigenvalue weighted by Gasteiger charge is 2.27. The van der Waals surface area contributed by atoms with E-state index in [1.165, 1.54) is 10.9 Å². The summed E-state index contributed by atoms with van der Waals surface area (Å²) >= 11 is 6.18. The molecule has 2 aromatic rings. The van der Waals surface area contributed by atoms with Crippen molar-refractivity contribution < 1.29 is 17.9 Å². The minimum absolute atomic E-state index is 0.0644. The third kappa shape index (κ3) is 5.53. The largest absolute Gasteiger partial charge is 0.382 e. The molecule has 0 saturated carbocycles. The van der Waals surface area contributed by atoms with Crippen molar-refractivity contribution in [1.82, 2.24) is 19.7 Å². The van der Waals surface area contributed by atoms with Crippen LogP contribution in [0.4, 0.5) is 17.5 Å². The number of methoxy groups -OCH3 is 1. The monoisotopic (exact) mass is 432 g/mol. The third-order valence-corrected chi connectivity index (χ3v) is 6.03. The second-order valence-electron chi connectivity index (χ2n) is 6.28. The zero-order chi connectivity index (χ0) is 20.9. The van der Waals surface area contributed by atoms with Gasteiger partial charge in [0, 0.05) is 20.4 Å². The number of nitrogens with one attached hydrogen (secondary N) is 2. The Morgan fingerprint density at radius 1 is 1.29 bits per heavy atom. The number of hydrogen-bond acceptors (Lipinski definition) is 9. The molecule has 0 fully saturated rings. The van der Waals surface area contributed by atoms with Gasteiger partial charge in [-0.1, -0.05) is 11.6 Å². The minimum Gasteiger partial charge on any atom is -0.382 e. The average molecular weight is 433 g/mol. The van der Waals surface area contributed by atoms with Gasteiger partial charge in [0.1, 0.15) is 11.3 Å². The summed E-state index contributed by atoms with van der Waals surface area (Å²) in [6, 6.07) is 0. The SMILES string of the molecule is COCCOC(C)Nc1ncc(Cl)c(Nc2cn(C)nc2S(=O)(=O)C(C)C)n1. The predicted octanol–water partition coefficient (Wildman–Crippen LogP) is 2.21. The molecule has 1 atom stereocenters. The van der Waals surface area contributed by atoms with E-state index in [4.69, 9.17) is 21.1 Å². The Kier molecular flexibility index (Phi) is 7.58. The molecule has 2 heterocycles. The van der Waals surface area contributed by atoms with Crippen molar-refractivity contribution in [2.75, 3.05) is 31.0 Å². The molecule has 1 unspecified atom stereocenters. The number of sulfone groups is 1. The maximum absolute atomic E-state index is 12.6. The molecule has 0 radical (unpaired) electrons. The molecule has 0 amide bonds. The molecule has 28 heavy (non-hydrogen) atoms. The zero-order valence-corrected chi connectivity index (χ0v) is 18.0. The summed E-state index contributed by atoms with van der Waals surface area (Å²) in [6.45, 7) is 5.87. The average Bonchev–Trinajstić information content (AvgIpc) is 2.99. The molecule has 2 N–H and O–H groups in total. The molecule has 2 rings (SSSR count). The first kappa shape index (κ1) is 22.3. The maximum atomic E-state index is 12.6. The van der Waals surface area contributed by atoms with E-state index in [-0.39, 0.29) is 33.7 Å². The van der Waals surface area contributed by atoms with E-state index in [9.17, 15) is 8.42 Å². The topological polar surface area (TPSA) is 120 Å². The highest BCUT2D eigenvalue weighted by atomic mass is 35.5. The number of aryl methyl sites for hydroxylation is 1. The van der Waals surface area contributed by atoms with Crippen LogP contribution in [0.3, 0.4) is 0 Å². The van der Waals surface area contributed by atoms with Gasteiger partial charge in [0.25, 0.3) is 0 Å². The summed E-state index contributed by atoms with van der Waals surface area (Å²) in [7, 11) is -0.362. The molecular formula is C16H25ClN6O4S. The van der Waals surface area contributed by atoms with Crippen molar-refractivity contribution in [3.63, 3.8) is 0 Å². The number of hydrogen-bond donors (Lipinski definition) is 2. The van der Waals surface area contributed by atoms with E-state index in [2.05, 4.69) is 25.7 Å². The van der Waals surface area contributed by atoms with Gasteiger partial charge in [0.2, 0.25) is 20.8 Å². The predicted molar refractivity (Wildman–Crippen MR) is 107 cm³/mol. The number of ether oxygens (including phenoxy) is 2.